The number of amides is 1. The minimum atomic E-state index is -0.715. The summed E-state index contributed by atoms with van der Waals surface area (Å²) in [5.41, 5.74) is 3.87. The van der Waals surface area contributed by atoms with E-state index in [2.05, 4.69) is 25.6 Å². The zero-order valence-corrected chi connectivity index (χ0v) is 19.0. The second-order valence-electron chi connectivity index (χ2n) is 8.07. The average molecular weight is 471 g/mol. The molecule has 0 fully saturated rings. The number of hydrogen-bond donors (Lipinski definition) is 3. The molecule has 0 bridgehead atoms. The van der Waals surface area contributed by atoms with Crippen LogP contribution in [-0.4, -0.2) is 46.3 Å². The van der Waals surface area contributed by atoms with Crippen molar-refractivity contribution in [3.63, 3.8) is 0 Å². The summed E-state index contributed by atoms with van der Waals surface area (Å²) in [6.45, 7) is 1.45. The molecule has 0 aliphatic heterocycles. The van der Waals surface area contributed by atoms with Gasteiger partial charge in [-0.15, -0.1) is 0 Å². The topological polar surface area (TPSA) is 117 Å². The maximum absolute atomic E-state index is 13.5. The van der Waals surface area contributed by atoms with Crippen LogP contribution in [0.4, 0.5) is 10.2 Å². The predicted molar refractivity (Wildman–Crippen MR) is 131 cm³/mol. The van der Waals surface area contributed by atoms with Gasteiger partial charge >= 0.3 is 162 Å². The first-order valence-electron chi connectivity index (χ1n) is 11.1. The number of H-pyrrole nitrogens is 1. The number of carbonyl (C=O) groups is 2. The first-order valence-corrected chi connectivity index (χ1v) is 11.1. The summed E-state index contributed by atoms with van der Waals surface area (Å²) in [7, 11) is 0.662. The number of benzene rings is 1. The van der Waals surface area contributed by atoms with Crippen molar-refractivity contribution >= 4 is 35.7 Å². The summed E-state index contributed by atoms with van der Waals surface area (Å²) in [6.07, 6.45) is 3.86. The molecule has 0 aliphatic rings. The zero-order chi connectivity index (χ0) is 24.8. The number of aromatic amines is 1. The van der Waals surface area contributed by atoms with E-state index >= 15 is 0 Å². The van der Waals surface area contributed by atoms with Crippen molar-refractivity contribution in [2.24, 2.45) is 0 Å². The molecular formula is C25H23BFN5O3. The van der Waals surface area contributed by atoms with E-state index in [0.717, 1.165) is 27.8 Å². The van der Waals surface area contributed by atoms with Gasteiger partial charge in [0, 0.05) is 12.4 Å². The minimum absolute atomic E-state index is 0.00456. The third-order valence-corrected chi connectivity index (χ3v) is 5.56. The Morgan fingerprint density at radius 1 is 1.06 bits per heavy atom. The van der Waals surface area contributed by atoms with Crippen molar-refractivity contribution in [3.8, 4) is 22.4 Å². The van der Waals surface area contributed by atoms with Crippen LogP contribution in [0.25, 0.3) is 33.4 Å². The Bertz CT molecular complexity index is 1360. The van der Waals surface area contributed by atoms with Crippen LogP contribution in [0.5, 0.6) is 0 Å². The van der Waals surface area contributed by atoms with E-state index in [1.54, 1.807) is 30.6 Å². The number of anilines is 1. The number of halogens is 1. The van der Waals surface area contributed by atoms with Crippen LogP contribution in [-0.2, 0) is 14.3 Å². The van der Waals surface area contributed by atoms with Gasteiger partial charge in [0.05, 0.1) is 0 Å². The van der Waals surface area contributed by atoms with Crippen LogP contribution in [0.1, 0.15) is 19.8 Å². The molecule has 0 saturated heterocycles. The van der Waals surface area contributed by atoms with Gasteiger partial charge in [-0.3, -0.25) is 4.98 Å². The summed E-state index contributed by atoms with van der Waals surface area (Å²) in [6, 6.07) is 12.7. The second-order valence-corrected chi connectivity index (χ2v) is 8.07. The predicted octanol–water partition coefficient (Wildman–Crippen LogP) is 3.70. The van der Waals surface area contributed by atoms with Crippen LogP contribution < -0.4 is 10.6 Å². The SMILES string of the molecule is CC(=O)CCC(NCB=O)C(=O)Nc1ccc2c(-c3ccncc3)c(-c3ccc(F)cc3)[nH]c2n1. The number of rotatable bonds is 10. The average Bonchev–Trinajstić information content (AvgIpc) is 3.23. The fraction of sp³-hybridized carbons (Fsp3) is 0.200. The Hall–Kier alpha value is -4.05. The molecule has 176 valence electrons. The molecule has 1 amide bonds. The number of ketones is 1. The van der Waals surface area contributed by atoms with Gasteiger partial charge in [-0.1, -0.05) is 0 Å². The number of carbonyl (C=O) groups excluding carboxylic acids is 2. The zero-order valence-electron chi connectivity index (χ0n) is 19.0. The Morgan fingerprint density at radius 3 is 2.49 bits per heavy atom. The van der Waals surface area contributed by atoms with Gasteiger partial charge in [0.15, 0.2) is 0 Å². The Balaban J connectivity index is 1.69. The molecule has 3 aromatic heterocycles. The monoisotopic (exact) mass is 471 g/mol. The Morgan fingerprint density at radius 2 is 1.80 bits per heavy atom. The Labute approximate surface area is 201 Å². The van der Waals surface area contributed by atoms with Crippen LogP contribution in [0.2, 0.25) is 0 Å². The number of aromatic nitrogens is 3. The van der Waals surface area contributed by atoms with Crippen molar-refractivity contribution in [2.75, 3.05) is 11.8 Å². The molecule has 10 heteroatoms. The standard InChI is InChI=1S/C25H23BFN5O3/c1-15(33)2-8-20(29-14-26-35)25(34)31-21-9-7-19-22(16-10-12-28-13-11-16)23(32-24(19)30-21)17-3-5-18(27)6-4-17/h3-7,9-13,20,29H,2,8,14H2,1H3,(H2,30,31,32,34). The molecule has 4 aromatic rings. The summed E-state index contributed by atoms with van der Waals surface area (Å²) in [5, 5.41) is 6.42. The van der Waals surface area contributed by atoms with Gasteiger partial charge < -0.3 is 0 Å². The van der Waals surface area contributed by atoms with E-state index in [-0.39, 0.29) is 36.8 Å². The second kappa shape index (κ2) is 10.9. The normalized spacial score (nSPS) is 11.7. The van der Waals surface area contributed by atoms with Crippen LogP contribution in [0, 0.1) is 5.82 Å². The number of pyridine rings is 2. The van der Waals surface area contributed by atoms with Gasteiger partial charge in [0.1, 0.15) is 5.82 Å². The number of nitrogens with one attached hydrogen (secondary N) is 3. The molecule has 3 N–H and O–H groups in total. The van der Waals surface area contributed by atoms with Crippen LogP contribution in [0.15, 0.2) is 60.9 Å². The van der Waals surface area contributed by atoms with Crippen molar-refractivity contribution in [1.82, 2.24) is 20.3 Å². The van der Waals surface area contributed by atoms with E-state index in [4.69, 9.17) is 0 Å². The summed E-state index contributed by atoms with van der Waals surface area (Å²) in [5.74, 6) is -0.449. The van der Waals surface area contributed by atoms with Crippen LogP contribution >= 0.6 is 0 Å². The molecule has 1 aromatic carbocycles. The molecule has 0 radical (unpaired) electrons. The van der Waals surface area contributed by atoms with Crippen molar-refractivity contribution in [3.05, 3.63) is 66.7 Å². The number of fused-ring (bicyclic) bond motifs is 1. The van der Waals surface area contributed by atoms with Gasteiger partial charge in [-0.05, 0) is 12.1 Å². The van der Waals surface area contributed by atoms with E-state index < -0.39 is 6.04 Å². The molecule has 4 rings (SSSR count). The molecule has 35 heavy (non-hydrogen) atoms. The molecule has 1 atom stereocenters. The first kappa shape index (κ1) is 24.1. The Kier molecular flexibility index (Phi) is 7.52. The van der Waals surface area contributed by atoms with E-state index in [1.165, 1.54) is 19.1 Å². The summed E-state index contributed by atoms with van der Waals surface area (Å²) < 4.78 is 24.3. The number of hydrogen-bond acceptors (Lipinski definition) is 6. The third kappa shape index (κ3) is 5.72. The first-order chi connectivity index (χ1) is 17.0. The van der Waals surface area contributed by atoms with Crippen LogP contribution in [0.3, 0.4) is 0 Å². The molecule has 0 aliphatic carbocycles. The maximum atomic E-state index is 13.5. The van der Waals surface area contributed by atoms with Crippen molar-refractivity contribution in [2.45, 2.75) is 25.8 Å². The number of nitrogens with zero attached hydrogens (tertiary/aromatic N) is 2. The van der Waals surface area contributed by atoms with E-state index in [0.29, 0.717) is 18.6 Å². The van der Waals surface area contributed by atoms with E-state index in [1.807, 2.05) is 18.2 Å². The summed E-state index contributed by atoms with van der Waals surface area (Å²) >= 11 is 0. The molecule has 3 heterocycles. The van der Waals surface area contributed by atoms with Gasteiger partial charge in [0.25, 0.3) is 0 Å². The fourth-order valence-electron chi connectivity index (χ4n) is 3.87. The number of Topliss-reactive ketones (excluding diaryl/α,β-unsaturated/α-hetero) is 1. The molecule has 1 unspecified atom stereocenters. The molecule has 0 saturated carbocycles. The third-order valence-electron chi connectivity index (χ3n) is 5.56. The molecular weight excluding hydrogens is 448 g/mol. The van der Waals surface area contributed by atoms with E-state index in [9.17, 15) is 18.7 Å². The molecule has 0 spiro atoms. The van der Waals surface area contributed by atoms with Gasteiger partial charge in [0.2, 0.25) is 0 Å². The fourth-order valence-corrected chi connectivity index (χ4v) is 3.87. The van der Waals surface area contributed by atoms with Gasteiger partial charge in [-0.25, -0.2) is 4.39 Å². The summed E-state index contributed by atoms with van der Waals surface area (Å²) in [4.78, 5) is 36.2. The van der Waals surface area contributed by atoms with Crippen molar-refractivity contribution in [1.29, 1.82) is 0 Å². The van der Waals surface area contributed by atoms with Gasteiger partial charge in [-0.2, -0.15) is 0 Å². The quantitative estimate of drug-likeness (QED) is 0.304. The molecule has 8 nitrogen and oxygen atoms in total. The van der Waals surface area contributed by atoms with Crippen molar-refractivity contribution < 1.29 is 18.7 Å².